The highest BCUT2D eigenvalue weighted by Gasteiger charge is 2.33. The Hall–Kier alpha value is -3.11. The van der Waals surface area contributed by atoms with Crippen molar-refractivity contribution in [2.75, 3.05) is 13.2 Å². The van der Waals surface area contributed by atoms with Crippen LogP contribution in [0.1, 0.15) is 19.4 Å². The minimum atomic E-state index is -0.328. The Bertz CT molecular complexity index is 977. The van der Waals surface area contributed by atoms with Crippen LogP contribution in [-0.4, -0.2) is 29.1 Å². The van der Waals surface area contributed by atoms with Crippen LogP contribution >= 0.6 is 11.8 Å². The third-order valence-electron chi connectivity index (χ3n) is 3.97. The number of thioether (sulfide) groups is 1. The van der Waals surface area contributed by atoms with Crippen LogP contribution in [0.5, 0.6) is 5.75 Å². The van der Waals surface area contributed by atoms with Crippen LogP contribution < -0.4 is 4.74 Å². The number of nitriles is 1. The lowest BCUT2D eigenvalue weighted by Crippen LogP contribution is -2.32. The molecule has 1 saturated heterocycles. The highest BCUT2D eigenvalue weighted by molar-refractivity contribution is 8.18. The molecule has 2 aromatic carbocycles. The van der Waals surface area contributed by atoms with E-state index in [1.807, 2.05) is 38.1 Å². The molecule has 0 spiro atoms. The molecule has 29 heavy (non-hydrogen) atoms. The zero-order valence-electron chi connectivity index (χ0n) is 16.1. The molecule has 0 atom stereocenters. The van der Waals surface area contributed by atoms with Gasteiger partial charge in [0.1, 0.15) is 17.6 Å². The molecule has 0 unspecified atom stereocenters. The molecular formula is C22H20FN3O2S. The fraction of sp³-hybridized carbons (Fsp3) is 0.227. The summed E-state index contributed by atoms with van der Waals surface area (Å²) in [7, 11) is 0. The Morgan fingerprint density at radius 2 is 1.90 bits per heavy atom. The van der Waals surface area contributed by atoms with Gasteiger partial charge in [-0.25, -0.2) is 9.38 Å². The maximum Gasteiger partial charge on any atom is 0.266 e. The van der Waals surface area contributed by atoms with E-state index in [-0.39, 0.29) is 24.2 Å². The second kappa shape index (κ2) is 9.39. The van der Waals surface area contributed by atoms with Gasteiger partial charge in [-0.15, -0.1) is 0 Å². The predicted molar refractivity (Wildman–Crippen MR) is 113 cm³/mol. The molecule has 3 rings (SSSR count). The van der Waals surface area contributed by atoms with Crippen LogP contribution in [0, 0.1) is 23.1 Å². The second-order valence-electron chi connectivity index (χ2n) is 6.81. The van der Waals surface area contributed by atoms with Gasteiger partial charge in [-0.3, -0.25) is 9.69 Å². The number of carbonyl (C=O) groups excluding carboxylic acids is 1. The summed E-state index contributed by atoms with van der Waals surface area (Å²) >= 11 is 1.30. The molecule has 0 aliphatic carbocycles. The lowest BCUT2D eigenvalue weighted by atomic mass is 10.2. The Kier molecular flexibility index (Phi) is 6.68. The summed E-state index contributed by atoms with van der Waals surface area (Å²) in [6.07, 6.45) is 1.81. The van der Waals surface area contributed by atoms with Crippen molar-refractivity contribution >= 4 is 34.6 Å². The molecule has 1 amide bonds. The molecule has 1 aliphatic rings. The van der Waals surface area contributed by atoms with Crippen LogP contribution in [0.2, 0.25) is 0 Å². The molecule has 1 aliphatic heterocycles. The van der Waals surface area contributed by atoms with E-state index in [0.29, 0.717) is 28.1 Å². The van der Waals surface area contributed by atoms with E-state index >= 15 is 0 Å². The molecule has 7 heteroatoms. The number of amidine groups is 1. The number of hydrogen-bond donors (Lipinski definition) is 0. The molecule has 148 valence electrons. The normalized spacial score (nSPS) is 16.7. The van der Waals surface area contributed by atoms with E-state index < -0.39 is 0 Å². The minimum Gasteiger partial charge on any atom is -0.479 e. The first-order valence-corrected chi connectivity index (χ1v) is 9.93. The minimum absolute atomic E-state index is 0.0118. The van der Waals surface area contributed by atoms with Gasteiger partial charge in [0.2, 0.25) is 0 Å². The van der Waals surface area contributed by atoms with Crippen LogP contribution in [0.4, 0.5) is 10.1 Å². The molecule has 0 saturated carbocycles. The largest absolute Gasteiger partial charge is 0.479 e. The fourth-order valence-corrected chi connectivity index (χ4v) is 3.68. The van der Waals surface area contributed by atoms with Crippen LogP contribution in [0.15, 0.2) is 58.4 Å². The van der Waals surface area contributed by atoms with Gasteiger partial charge in [-0.1, -0.05) is 26.0 Å². The molecular weight excluding hydrogens is 389 g/mol. The molecule has 0 radical (unpaired) electrons. The molecule has 1 fully saturated rings. The summed E-state index contributed by atoms with van der Waals surface area (Å²) in [5.41, 5.74) is 1.44. The van der Waals surface area contributed by atoms with Crippen molar-refractivity contribution < 1.29 is 13.9 Å². The van der Waals surface area contributed by atoms with Crippen molar-refractivity contribution in [2.45, 2.75) is 13.8 Å². The summed E-state index contributed by atoms with van der Waals surface area (Å²) in [5.74, 6) is 0.438. The van der Waals surface area contributed by atoms with E-state index in [1.165, 1.54) is 23.9 Å². The van der Waals surface area contributed by atoms with E-state index in [2.05, 4.69) is 4.99 Å². The van der Waals surface area contributed by atoms with Gasteiger partial charge in [-0.05, 0) is 65.7 Å². The first-order valence-electron chi connectivity index (χ1n) is 9.12. The summed E-state index contributed by atoms with van der Waals surface area (Å²) in [6, 6.07) is 15.0. The molecule has 5 nitrogen and oxygen atoms in total. The van der Waals surface area contributed by atoms with Crippen molar-refractivity contribution in [1.82, 2.24) is 4.90 Å². The second-order valence-corrected chi connectivity index (χ2v) is 7.82. The standard InChI is InChI=1S/C22H20FN3O2S/c1-15(2)14-26-21(27)20(13-16-3-9-19(10-4-16)28-12-11-24)29-22(26)25-18-7-5-17(23)6-8-18/h3-10,13,15H,12,14H2,1-2H3/b20-13+,25-22?. The van der Waals surface area contributed by atoms with Crippen molar-refractivity contribution in [2.24, 2.45) is 10.9 Å². The maximum absolute atomic E-state index is 13.2. The number of halogens is 1. The number of aliphatic imine (C=N–C) groups is 1. The van der Waals surface area contributed by atoms with Crippen LogP contribution in [-0.2, 0) is 4.79 Å². The Morgan fingerprint density at radius 1 is 1.21 bits per heavy atom. The van der Waals surface area contributed by atoms with E-state index in [9.17, 15) is 9.18 Å². The van der Waals surface area contributed by atoms with Crippen molar-refractivity contribution in [1.29, 1.82) is 5.26 Å². The van der Waals surface area contributed by atoms with E-state index in [4.69, 9.17) is 10.00 Å². The van der Waals surface area contributed by atoms with Crippen molar-refractivity contribution in [3.8, 4) is 11.8 Å². The smallest absolute Gasteiger partial charge is 0.266 e. The number of nitrogens with zero attached hydrogens (tertiary/aromatic N) is 3. The molecule has 0 bridgehead atoms. The maximum atomic E-state index is 13.2. The zero-order valence-corrected chi connectivity index (χ0v) is 16.9. The molecule has 0 aromatic heterocycles. The topological polar surface area (TPSA) is 65.7 Å². The number of benzene rings is 2. The summed E-state index contributed by atoms with van der Waals surface area (Å²) in [6.45, 7) is 4.61. The Balaban J connectivity index is 1.86. The first-order chi connectivity index (χ1) is 14.0. The Labute approximate surface area is 173 Å². The first kappa shape index (κ1) is 20.6. The average molecular weight is 409 g/mol. The quantitative estimate of drug-likeness (QED) is 0.631. The van der Waals surface area contributed by atoms with Gasteiger partial charge in [0.05, 0.1) is 10.6 Å². The average Bonchev–Trinajstić information content (AvgIpc) is 2.97. The van der Waals surface area contributed by atoms with Gasteiger partial charge >= 0.3 is 0 Å². The van der Waals surface area contributed by atoms with Crippen LogP contribution in [0.3, 0.4) is 0 Å². The molecule has 2 aromatic rings. The van der Waals surface area contributed by atoms with E-state index in [0.717, 1.165) is 5.56 Å². The van der Waals surface area contributed by atoms with Gasteiger partial charge in [-0.2, -0.15) is 5.26 Å². The number of amides is 1. The van der Waals surface area contributed by atoms with Gasteiger partial charge in [0.15, 0.2) is 11.8 Å². The SMILES string of the molecule is CC(C)CN1C(=O)/C(=C\c2ccc(OCC#N)cc2)SC1=Nc1ccc(F)cc1. The lowest BCUT2D eigenvalue weighted by Gasteiger charge is -2.17. The number of ether oxygens (including phenoxy) is 1. The third-order valence-corrected chi connectivity index (χ3v) is 4.98. The number of hydrogen-bond acceptors (Lipinski definition) is 5. The zero-order chi connectivity index (χ0) is 20.8. The van der Waals surface area contributed by atoms with Crippen LogP contribution in [0.25, 0.3) is 6.08 Å². The monoisotopic (exact) mass is 409 g/mol. The predicted octanol–water partition coefficient (Wildman–Crippen LogP) is 4.99. The van der Waals surface area contributed by atoms with Crippen molar-refractivity contribution in [3.05, 3.63) is 64.8 Å². The summed E-state index contributed by atoms with van der Waals surface area (Å²) in [5, 5.41) is 9.15. The lowest BCUT2D eigenvalue weighted by molar-refractivity contribution is -0.122. The number of carbonyl (C=O) groups is 1. The summed E-state index contributed by atoms with van der Waals surface area (Å²) < 4.78 is 18.4. The molecule has 0 N–H and O–H groups in total. The highest BCUT2D eigenvalue weighted by Crippen LogP contribution is 2.34. The van der Waals surface area contributed by atoms with Gasteiger partial charge in [0.25, 0.3) is 5.91 Å². The number of rotatable bonds is 6. The van der Waals surface area contributed by atoms with Crippen molar-refractivity contribution in [3.63, 3.8) is 0 Å². The van der Waals surface area contributed by atoms with Gasteiger partial charge < -0.3 is 4.74 Å². The fourth-order valence-electron chi connectivity index (χ4n) is 2.67. The van der Waals surface area contributed by atoms with Gasteiger partial charge in [0, 0.05) is 6.54 Å². The highest BCUT2D eigenvalue weighted by atomic mass is 32.2. The Morgan fingerprint density at radius 3 is 2.52 bits per heavy atom. The van der Waals surface area contributed by atoms with E-state index in [1.54, 1.807) is 29.2 Å². The summed E-state index contributed by atoms with van der Waals surface area (Å²) in [4.78, 5) is 19.7. The molecule has 1 heterocycles. The third kappa shape index (κ3) is 5.46.